The SMILES string of the molecule is Cc1ccc2nc(/C=C/c3ccccc3)oc2n1. The zero-order chi connectivity index (χ0) is 12.4. The molecule has 18 heavy (non-hydrogen) atoms. The minimum absolute atomic E-state index is 0.576. The molecule has 88 valence electrons. The topological polar surface area (TPSA) is 38.9 Å². The second kappa shape index (κ2) is 4.45. The average molecular weight is 236 g/mol. The quantitative estimate of drug-likeness (QED) is 0.681. The van der Waals surface area contributed by atoms with Crippen LogP contribution in [0.4, 0.5) is 0 Å². The Kier molecular flexibility index (Phi) is 2.65. The van der Waals surface area contributed by atoms with Crippen LogP contribution in [0.15, 0.2) is 46.9 Å². The summed E-state index contributed by atoms with van der Waals surface area (Å²) in [6, 6.07) is 13.9. The smallest absolute Gasteiger partial charge is 0.247 e. The molecule has 0 saturated heterocycles. The number of nitrogens with zero attached hydrogens (tertiary/aromatic N) is 2. The van der Waals surface area contributed by atoms with Crippen LogP contribution in [0.2, 0.25) is 0 Å². The van der Waals surface area contributed by atoms with E-state index in [0.717, 1.165) is 16.8 Å². The summed E-state index contributed by atoms with van der Waals surface area (Å²) in [6.07, 6.45) is 3.82. The molecule has 3 heteroatoms. The summed E-state index contributed by atoms with van der Waals surface area (Å²) in [5.74, 6) is 0.576. The monoisotopic (exact) mass is 236 g/mol. The first kappa shape index (κ1) is 10.7. The highest BCUT2D eigenvalue weighted by molar-refractivity contribution is 5.73. The van der Waals surface area contributed by atoms with E-state index in [2.05, 4.69) is 9.97 Å². The van der Waals surface area contributed by atoms with Crippen molar-refractivity contribution in [1.29, 1.82) is 0 Å². The first-order valence-electron chi connectivity index (χ1n) is 5.78. The number of hydrogen-bond acceptors (Lipinski definition) is 3. The largest absolute Gasteiger partial charge is 0.418 e. The maximum absolute atomic E-state index is 5.56. The van der Waals surface area contributed by atoms with Crippen LogP contribution in [0.25, 0.3) is 23.4 Å². The van der Waals surface area contributed by atoms with E-state index in [0.29, 0.717) is 11.6 Å². The van der Waals surface area contributed by atoms with Gasteiger partial charge < -0.3 is 4.42 Å². The van der Waals surface area contributed by atoms with Crippen molar-refractivity contribution in [3.05, 3.63) is 59.6 Å². The van der Waals surface area contributed by atoms with Gasteiger partial charge in [0.1, 0.15) is 5.52 Å². The lowest BCUT2D eigenvalue weighted by atomic mass is 10.2. The van der Waals surface area contributed by atoms with Crippen molar-refractivity contribution < 1.29 is 4.42 Å². The second-order valence-electron chi connectivity index (χ2n) is 4.07. The van der Waals surface area contributed by atoms with Gasteiger partial charge in [-0.25, -0.2) is 9.97 Å². The Balaban J connectivity index is 1.93. The standard InChI is InChI=1S/C15H12N2O/c1-11-7-9-13-15(16-11)18-14(17-13)10-8-12-5-3-2-4-6-12/h2-10H,1H3/b10-8+. The zero-order valence-electron chi connectivity index (χ0n) is 10.00. The minimum atomic E-state index is 0.576. The maximum atomic E-state index is 5.56. The van der Waals surface area contributed by atoms with E-state index in [1.54, 1.807) is 0 Å². The number of hydrogen-bond donors (Lipinski definition) is 0. The van der Waals surface area contributed by atoms with E-state index >= 15 is 0 Å². The number of pyridine rings is 1. The van der Waals surface area contributed by atoms with Gasteiger partial charge in [0.25, 0.3) is 0 Å². The van der Waals surface area contributed by atoms with Gasteiger partial charge in [0.2, 0.25) is 11.6 Å². The van der Waals surface area contributed by atoms with Crippen molar-refractivity contribution in [1.82, 2.24) is 9.97 Å². The molecule has 3 nitrogen and oxygen atoms in total. The molecule has 2 aromatic heterocycles. The minimum Gasteiger partial charge on any atom is -0.418 e. The molecule has 0 aliphatic heterocycles. The van der Waals surface area contributed by atoms with E-state index in [9.17, 15) is 0 Å². The third-order valence-electron chi connectivity index (χ3n) is 2.63. The summed E-state index contributed by atoms with van der Waals surface area (Å²) < 4.78 is 5.56. The van der Waals surface area contributed by atoms with Crippen molar-refractivity contribution in [3.63, 3.8) is 0 Å². The number of benzene rings is 1. The number of fused-ring (bicyclic) bond motifs is 1. The van der Waals surface area contributed by atoms with Crippen molar-refractivity contribution in [2.24, 2.45) is 0 Å². The Bertz CT molecular complexity index is 699. The first-order chi connectivity index (χ1) is 8.81. The summed E-state index contributed by atoms with van der Waals surface area (Å²) >= 11 is 0. The van der Waals surface area contributed by atoms with E-state index in [-0.39, 0.29) is 0 Å². The van der Waals surface area contributed by atoms with E-state index in [1.807, 2.05) is 61.5 Å². The molecule has 0 aliphatic carbocycles. The van der Waals surface area contributed by atoms with Crippen LogP contribution in [0.1, 0.15) is 17.1 Å². The van der Waals surface area contributed by atoms with Crippen LogP contribution < -0.4 is 0 Å². The van der Waals surface area contributed by atoms with Gasteiger partial charge in [-0.2, -0.15) is 0 Å². The highest BCUT2D eigenvalue weighted by atomic mass is 16.4. The van der Waals surface area contributed by atoms with Crippen LogP contribution in [0.3, 0.4) is 0 Å². The highest BCUT2D eigenvalue weighted by Gasteiger charge is 2.03. The van der Waals surface area contributed by atoms with Gasteiger partial charge >= 0.3 is 0 Å². The average Bonchev–Trinajstić information content (AvgIpc) is 2.79. The lowest BCUT2D eigenvalue weighted by Crippen LogP contribution is -1.78. The predicted molar refractivity (Wildman–Crippen MR) is 71.9 cm³/mol. The van der Waals surface area contributed by atoms with Gasteiger partial charge in [0.05, 0.1) is 0 Å². The second-order valence-corrected chi connectivity index (χ2v) is 4.07. The van der Waals surface area contributed by atoms with Gasteiger partial charge in [-0.1, -0.05) is 30.3 Å². The molecule has 0 atom stereocenters. The number of oxazole rings is 1. The van der Waals surface area contributed by atoms with Crippen molar-refractivity contribution in [3.8, 4) is 0 Å². The van der Waals surface area contributed by atoms with E-state index in [4.69, 9.17) is 4.42 Å². The molecule has 3 aromatic rings. The van der Waals surface area contributed by atoms with Gasteiger partial charge in [-0.05, 0) is 30.7 Å². The normalized spacial score (nSPS) is 11.4. The third kappa shape index (κ3) is 2.15. The van der Waals surface area contributed by atoms with E-state index in [1.165, 1.54) is 0 Å². The van der Waals surface area contributed by atoms with Gasteiger partial charge in [0, 0.05) is 11.8 Å². The molecular weight excluding hydrogens is 224 g/mol. The molecule has 0 aliphatic rings. The number of aromatic nitrogens is 2. The van der Waals surface area contributed by atoms with Crippen LogP contribution in [0, 0.1) is 6.92 Å². The maximum Gasteiger partial charge on any atom is 0.247 e. The summed E-state index contributed by atoms with van der Waals surface area (Å²) in [4.78, 5) is 8.64. The van der Waals surface area contributed by atoms with Crippen LogP contribution in [-0.2, 0) is 0 Å². The molecule has 0 radical (unpaired) electrons. The Hall–Kier alpha value is -2.42. The van der Waals surface area contributed by atoms with Gasteiger partial charge in [-0.15, -0.1) is 0 Å². The molecule has 3 rings (SSSR count). The molecule has 0 spiro atoms. The molecule has 0 fully saturated rings. The number of aryl methyl sites for hydroxylation is 1. The molecular formula is C15H12N2O. The van der Waals surface area contributed by atoms with Crippen LogP contribution >= 0.6 is 0 Å². The fourth-order valence-corrected chi connectivity index (χ4v) is 1.73. The molecule has 1 aromatic carbocycles. The van der Waals surface area contributed by atoms with Crippen LogP contribution in [-0.4, -0.2) is 9.97 Å². The first-order valence-corrected chi connectivity index (χ1v) is 5.78. The molecule has 0 N–H and O–H groups in total. The lowest BCUT2D eigenvalue weighted by Gasteiger charge is -1.89. The summed E-state index contributed by atoms with van der Waals surface area (Å²) in [7, 11) is 0. The fourth-order valence-electron chi connectivity index (χ4n) is 1.73. The van der Waals surface area contributed by atoms with Gasteiger partial charge in [0.15, 0.2) is 0 Å². The Labute approximate surface area is 105 Å². The number of rotatable bonds is 2. The molecule has 0 amide bonds. The predicted octanol–water partition coefficient (Wildman–Crippen LogP) is 3.70. The highest BCUT2D eigenvalue weighted by Crippen LogP contribution is 2.15. The Morgan fingerprint density at radius 2 is 1.78 bits per heavy atom. The molecule has 0 bridgehead atoms. The van der Waals surface area contributed by atoms with Crippen molar-refractivity contribution >= 4 is 23.4 Å². The van der Waals surface area contributed by atoms with E-state index < -0.39 is 0 Å². The molecule has 2 heterocycles. The summed E-state index contributed by atoms with van der Waals surface area (Å²) in [6.45, 7) is 1.93. The van der Waals surface area contributed by atoms with Crippen molar-refractivity contribution in [2.45, 2.75) is 6.92 Å². The summed E-state index contributed by atoms with van der Waals surface area (Å²) in [5.41, 5.74) is 3.41. The van der Waals surface area contributed by atoms with Crippen LogP contribution in [0.5, 0.6) is 0 Å². The molecule has 0 saturated carbocycles. The van der Waals surface area contributed by atoms with Crippen molar-refractivity contribution in [2.75, 3.05) is 0 Å². The Morgan fingerprint density at radius 1 is 0.944 bits per heavy atom. The zero-order valence-corrected chi connectivity index (χ0v) is 10.00. The molecule has 0 unspecified atom stereocenters. The fraction of sp³-hybridized carbons (Fsp3) is 0.0667. The lowest BCUT2D eigenvalue weighted by molar-refractivity contribution is 0.578. The summed E-state index contributed by atoms with van der Waals surface area (Å²) in [5, 5.41) is 0. The Morgan fingerprint density at radius 3 is 2.61 bits per heavy atom. The third-order valence-corrected chi connectivity index (χ3v) is 2.63. The van der Waals surface area contributed by atoms with Gasteiger partial charge in [-0.3, -0.25) is 0 Å².